The predicted octanol–water partition coefficient (Wildman–Crippen LogP) is 0.844. The van der Waals surface area contributed by atoms with E-state index in [0.29, 0.717) is 19.0 Å². The second-order valence-corrected chi connectivity index (χ2v) is 3.07. The Morgan fingerprint density at radius 2 is 1.81 bits per heavy atom. The third-order valence-corrected chi connectivity index (χ3v) is 1.89. The summed E-state index contributed by atoms with van der Waals surface area (Å²) in [6, 6.07) is 7.24. The van der Waals surface area contributed by atoms with E-state index in [2.05, 4.69) is 0 Å². The van der Waals surface area contributed by atoms with Gasteiger partial charge in [0.15, 0.2) is 0 Å². The molecule has 3 N–H and O–H groups in total. The lowest BCUT2D eigenvalue weighted by Gasteiger charge is -2.07. The van der Waals surface area contributed by atoms with Gasteiger partial charge in [-0.25, -0.2) is 5.84 Å². The lowest BCUT2D eigenvalue weighted by atomic mass is 10.3. The van der Waals surface area contributed by atoms with E-state index < -0.39 is 0 Å². The average Bonchev–Trinajstić information content (AvgIpc) is 2.31. The molecule has 0 radical (unpaired) electrons. The molecule has 0 bridgehead atoms. The van der Waals surface area contributed by atoms with Crippen LogP contribution in [0.25, 0.3) is 0 Å². The van der Waals surface area contributed by atoms with Gasteiger partial charge >= 0.3 is 0 Å². The first-order valence-electron chi connectivity index (χ1n) is 5.11. The third kappa shape index (κ3) is 4.18. The number of rotatable bonds is 6. The Morgan fingerprint density at radius 3 is 2.31 bits per heavy atom. The topological polar surface area (TPSA) is 73.6 Å². The molecule has 1 amide bonds. The van der Waals surface area contributed by atoms with Gasteiger partial charge in [0.1, 0.15) is 11.5 Å². The van der Waals surface area contributed by atoms with Crippen molar-refractivity contribution in [2.45, 2.75) is 13.3 Å². The van der Waals surface area contributed by atoms with Gasteiger partial charge in [0.05, 0.1) is 19.6 Å². The van der Waals surface area contributed by atoms with Crippen molar-refractivity contribution in [2.75, 3.05) is 13.2 Å². The largest absolute Gasteiger partial charge is 0.494 e. The minimum atomic E-state index is -0.245. The first kappa shape index (κ1) is 12.3. The zero-order chi connectivity index (χ0) is 11.8. The molecule has 16 heavy (non-hydrogen) atoms. The molecule has 0 saturated heterocycles. The minimum absolute atomic E-state index is 0.240. The SMILES string of the molecule is CCOc1ccc(OCCC(=O)NN)cc1. The van der Waals surface area contributed by atoms with Gasteiger partial charge in [0.2, 0.25) is 5.91 Å². The summed E-state index contributed by atoms with van der Waals surface area (Å²) in [5.74, 6) is 6.19. The van der Waals surface area contributed by atoms with Crippen molar-refractivity contribution in [3.8, 4) is 11.5 Å². The molecular formula is C11H16N2O3. The highest BCUT2D eigenvalue weighted by molar-refractivity contribution is 5.75. The normalized spacial score (nSPS) is 9.62. The van der Waals surface area contributed by atoms with Gasteiger partial charge in [0.25, 0.3) is 0 Å². The summed E-state index contributed by atoms with van der Waals surface area (Å²) in [6.45, 7) is 2.86. The molecular weight excluding hydrogens is 208 g/mol. The molecule has 5 nitrogen and oxygen atoms in total. The lowest BCUT2D eigenvalue weighted by Crippen LogP contribution is -2.31. The number of ether oxygens (including phenoxy) is 2. The number of hydrogen-bond donors (Lipinski definition) is 2. The molecule has 0 aliphatic rings. The maximum Gasteiger partial charge on any atom is 0.237 e. The number of hydrazine groups is 1. The summed E-state index contributed by atoms with van der Waals surface area (Å²) in [5.41, 5.74) is 2.04. The highest BCUT2D eigenvalue weighted by atomic mass is 16.5. The highest BCUT2D eigenvalue weighted by Gasteiger charge is 1.99. The van der Waals surface area contributed by atoms with Crippen LogP contribution in [0.4, 0.5) is 0 Å². The van der Waals surface area contributed by atoms with E-state index in [4.69, 9.17) is 15.3 Å². The van der Waals surface area contributed by atoms with E-state index in [1.165, 1.54) is 0 Å². The summed E-state index contributed by atoms with van der Waals surface area (Å²) in [5, 5.41) is 0. The van der Waals surface area contributed by atoms with Crippen LogP contribution in [0.3, 0.4) is 0 Å². The Hall–Kier alpha value is -1.75. The number of carbonyl (C=O) groups excluding carboxylic acids is 1. The van der Waals surface area contributed by atoms with Crippen LogP contribution < -0.4 is 20.7 Å². The molecule has 0 fully saturated rings. The van der Waals surface area contributed by atoms with Crippen molar-refractivity contribution in [2.24, 2.45) is 5.84 Å². The minimum Gasteiger partial charge on any atom is -0.494 e. The van der Waals surface area contributed by atoms with Crippen LogP contribution in [0.1, 0.15) is 13.3 Å². The monoisotopic (exact) mass is 224 g/mol. The van der Waals surface area contributed by atoms with E-state index in [9.17, 15) is 4.79 Å². The molecule has 0 unspecified atom stereocenters. The zero-order valence-corrected chi connectivity index (χ0v) is 9.23. The Bertz CT molecular complexity index is 325. The van der Waals surface area contributed by atoms with Crippen LogP contribution >= 0.6 is 0 Å². The van der Waals surface area contributed by atoms with Crippen LogP contribution in [0, 0.1) is 0 Å². The van der Waals surface area contributed by atoms with Gasteiger partial charge < -0.3 is 9.47 Å². The fraction of sp³-hybridized carbons (Fsp3) is 0.364. The smallest absolute Gasteiger partial charge is 0.237 e. The quantitative estimate of drug-likeness (QED) is 0.426. The predicted molar refractivity (Wildman–Crippen MR) is 60.1 cm³/mol. The number of carbonyl (C=O) groups is 1. The van der Waals surface area contributed by atoms with Crippen molar-refractivity contribution < 1.29 is 14.3 Å². The standard InChI is InChI=1S/C11H16N2O3/c1-2-15-9-3-5-10(6-4-9)16-8-7-11(14)13-12/h3-6H,2,7-8,12H2,1H3,(H,13,14). The van der Waals surface area contributed by atoms with Crippen LogP contribution in [-0.2, 0) is 4.79 Å². The molecule has 0 saturated carbocycles. The van der Waals surface area contributed by atoms with Crippen LogP contribution in [-0.4, -0.2) is 19.1 Å². The molecule has 0 aliphatic heterocycles. The molecule has 1 rings (SSSR count). The Morgan fingerprint density at radius 1 is 1.25 bits per heavy atom. The molecule has 0 atom stereocenters. The van der Waals surface area contributed by atoms with Gasteiger partial charge in [0, 0.05) is 0 Å². The number of amides is 1. The van der Waals surface area contributed by atoms with Crippen molar-refractivity contribution in [1.29, 1.82) is 0 Å². The van der Waals surface area contributed by atoms with Crippen LogP contribution in [0.2, 0.25) is 0 Å². The first-order chi connectivity index (χ1) is 7.76. The van der Waals surface area contributed by atoms with Crippen molar-refractivity contribution in [3.63, 3.8) is 0 Å². The molecule has 88 valence electrons. The second-order valence-electron chi connectivity index (χ2n) is 3.07. The Labute approximate surface area is 94.5 Å². The Kier molecular flexibility index (Phi) is 5.15. The molecule has 5 heteroatoms. The molecule has 1 aromatic carbocycles. The summed E-state index contributed by atoms with van der Waals surface area (Å²) in [4.78, 5) is 10.8. The summed E-state index contributed by atoms with van der Waals surface area (Å²) in [7, 11) is 0. The molecule has 0 spiro atoms. The molecule has 0 heterocycles. The fourth-order valence-electron chi connectivity index (χ4n) is 1.13. The molecule has 0 aliphatic carbocycles. The number of nitrogens with one attached hydrogen (secondary N) is 1. The second kappa shape index (κ2) is 6.68. The van der Waals surface area contributed by atoms with Crippen molar-refractivity contribution in [1.82, 2.24) is 5.43 Å². The van der Waals surface area contributed by atoms with Crippen molar-refractivity contribution in [3.05, 3.63) is 24.3 Å². The highest BCUT2D eigenvalue weighted by Crippen LogP contribution is 2.17. The maximum absolute atomic E-state index is 10.8. The Balaban J connectivity index is 2.34. The summed E-state index contributed by atoms with van der Waals surface area (Å²) >= 11 is 0. The lowest BCUT2D eigenvalue weighted by molar-refractivity contribution is -0.121. The first-order valence-corrected chi connectivity index (χ1v) is 5.11. The van der Waals surface area contributed by atoms with E-state index in [1.54, 1.807) is 12.1 Å². The number of hydrogen-bond acceptors (Lipinski definition) is 4. The van der Waals surface area contributed by atoms with Gasteiger partial charge in [-0.2, -0.15) is 0 Å². The average molecular weight is 224 g/mol. The zero-order valence-electron chi connectivity index (χ0n) is 9.23. The molecule has 0 aromatic heterocycles. The number of nitrogens with two attached hydrogens (primary N) is 1. The van der Waals surface area contributed by atoms with Gasteiger partial charge in [-0.05, 0) is 31.2 Å². The summed E-state index contributed by atoms with van der Waals surface area (Å²) in [6.07, 6.45) is 0.240. The third-order valence-electron chi connectivity index (χ3n) is 1.89. The van der Waals surface area contributed by atoms with Gasteiger partial charge in [-0.3, -0.25) is 10.2 Å². The van der Waals surface area contributed by atoms with Crippen molar-refractivity contribution >= 4 is 5.91 Å². The maximum atomic E-state index is 10.8. The summed E-state index contributed by atoms with van der Waals surface area (Å²) < 4.78 is 10.6. The van der Waals surface area contributed by atoms with Crippen LogP contribution in [0.5, 0.6) is 11.5 Å². The fourth-order valence-corrected chi connectivity index (χ4v) is 1.13. The molecule has 1 aromatic rings. The van der Waals surface area contributed by atoms with E-state index >= 15 is 0 Å². The van der Waals surface area contributed by atoms with Crippen LogP contribution in [0.15, 0.2) is 24.3 Å². The van der Waals surface area contributed by atoms with E-state index in [1.807, 2.05) is 24.5 Å². The van der Waals surface area contributed by atoms with Gasteiger partial charge in [-0.1, -0.05) is 0 Å². The number of benzene rings is 1. The van der Waals surface area contributed by atoms with E-state index in [0.717, 1.165) is 5.75 Å². The van der Waals surface area contributed by atoms with Gasteiger partial charge in [-0.15, -0.1) is 0 Å². The van der Waals surface area contributed by atoms with E-state index in [-0.39, 0.29) is 12.3 Å².